The number of piperidine rings is 1. The van der Waals surface area contributed by atoms with Gasteiger partial charge in [-0.1, -0.05) is 13.5 Å². The van der Waals surface area contributed by atoms with Crippen LogP contribution in [0, 0.1) is 17.8 Å². The van der Waals surface area contributed by atoms with Gasteiger partial charge in [0.25, 0.3) is 0 Å². The molecule has 3 atom stereocenters. The summed E-state index contributed by atoms with van der Waals surface area (Å²) in [6.45, 7) is 9.45. The first-order chi connectivity index (χ1) is 13.9. The van der Waals surface area contributed by atoms with Crippen molar-refractivity contribution in [2.24, 2.45) is 17.8 Å². The van der Waals surface area contributed by atoms with Crippen molar-refractivity contribution in [3.8, 4) is 0 Å². The van der Waals surface area contributed by atoms with Gasteiger partial charge < -0.3 is 14.4 Å². The van der Waals surface area contributed by atoms with Crippen LogP contribution in [0.15, 0.2) is 46.0 Å². The van der Waals surface area contributed by atoms with Crippen molar-refractivity contribution < 1.29 is 23.9 Å². The average molecular weight is 395 g/mol. The lowest BCUT2D eigenvalue weighted by molar-refractivity contribution is -0.142. The SMILES string of the molecule is C=C1C2=C3C(=O)C4CC(=O)N(CC1CCC1=C2C(=C3OC(C)=O)CCO1)CC4C. The van der Waals surface area contributed by atoms with E-state index >= 15 is 0 Å². The molecule has 29 heavy (non-hydrogen) atoms. The van der Waals surface area contributed by atoms with Crippen LogP contribution in [-0.4, -0.2) is 42.3 Å². The smallest absolute Gasteiger partial charge is 0.308 e. The van der Waals surface area contributed by atoms with Crippen LogP contribution in [0.1, 0.15) is 39.5 Å². The van der Waals surface area contributed by atoms with Gasteiger partial charge in [-0.3, -0.25) is 14.4 Å². The van der Waals surface area contributed by atoms with E-state index in [2.05, 4.69) is 6.58 Å². The fourth-order valence-electron chi connectivity index (χ4n) is 5.52. The third kappa shape index (κ3) is 2.65. The van der Waals surface area contributed by atoms with Gasteiger partial charge in [-0.2, -0.15) is 0 Å². The van der Waals surface area contributed by atoms with Crippen LogP contribution >= 0.6 is 0 Å². The minimum absolute atomic E-state index is 0.0236. The van der Waals surface area contributed by atoms with Crippen LogP contribution in [0.4, 0.5) is 0 Å². The number of ether oxygens (including phenoxy) is 2. The molecule has 1 fully saturated rings. The van der Waals surface area contributed by atoms with E-state index in [1.165, 1.54) is 6.92 Å². The Balaban J connectivity index is 1.78. The van der Waals surface area contributed by atoms with Gasteiger partial charge in [-0.25, -0.2) is 0 Å². The van der Waals surface area contributed by atoms with Gasteiger partial charge in [0.1, 0.15) is 11.5 Å². The zero-order valence-electron chi connectivity index (χ0n) is 16.9. The number of carbonyl (C=O) groups excluding carboxylic acids is 3. The first-order valence-electron chi connectivity index (χ1n) is 10.4. The maximum atomic E-state index is 13.8. The van der Waals surface area contributed by atoms with Gasteiger partial charge in [-0.15, -0.1) is 0 Å². The molecule has 6 nitrogen and oxygen atoms in total. The fraction of sp³-hybridized carbons (Fsp3) is 0.522. The molecule has 1 saturated heterocycles. The minimum Gasteiger partial charge on any atom is -0.497 e. The molecule has 0 spiro atoms. The molecule has 0 aromatic rings. The second-order valence-electron chi connectivity index (χ2n) is 8.76. The summed E-state index contributed by atoms with van der Waals surface area (Å²) in [6, 6.07) is 0. The quantitative estimate of drug-likeness (QED) is 0.639. The number of rotatable bonds is 1. The number of carbonyl (C=O) groups is 3. The van der Waals surface area contributed by atoms with E-state index in [1.54, 1.807) is 0 Å². The predicted octanol–water partition coefficient (Wildman–Crippen LogP) is 2.82. The Kier molecular flexibility index (Phi) is 4.09. The van der Waals surface area contributed by atoms with Gasteiger partial charge in [0.2, 0.25) is 5.91 Å². The van der Waals surface area contributed by atoms with E-state index in [1.807, 2.05) is 11.8 Å². The van der Waals surface area contributed by atoms with E-state index in [0.29, 0.717) is 37.4 Å². The maximum Gasteiger partial charge on any atom is 0.308 e. The summed E-state index contributed by atoms with van der Waals surface area (Å²) in [7, 11) is 0. The number of Topliss-reactive ketones (excluding diaryl/α,β-unsaturated/α-hetero) is 1. The highest BCUT2D eigenvalue weighted by atomic mass is 16.5. The molecule has 4 bridgehead atoms. The third-order valence-corrected chi connectivity index (χ3v) is 6.96. The minimum atomic E-state index is -0.447. The number of hydrogen-bond acceptors (Lipinski definition) is 5. The fourth-order valence-corrected chi connectivity index (χ4v) is 5.52. The molecular weight excluding hydrogens is 370 g/mol. The van der Waals surface area contributed by atoms with E-state index in [-0.39, 0.29) is 29.9 Å². The number of esters is 1. The highest BCUT2D eigenvalue weighted by molar-refractivity contribution is 6.07. The maximum absolute atomic E-state index is 13.8. The largest absolute Gasteiger partial charge is 0.497 e. The molecule has 3 unspecified atom stereocenters. The monoisotopic (exact) mass is 395 g/mol. The topological polar surface area (TPSA) is 72.9 Å². The summed E-state index contributed by atoms with van der Waals surface area (Å²) in [5, 5.41) is 0. The summed E-state index contributed by atoms with van der Waals surface area (Å²) in [6.07, 6.45) is 2.34. The molecule has 6 heteroatoms. The Labute approximate surface area is 169 Å². The number of fused-ring (bicyclic) bond motifs is 2. The Hall–Kier alpha value is -2.63. The molecule has 152 valence electrons. The van der Waals surface area contributed by atoms with Crippen molar-refractivity contribution in [2.75, 3.05) is 19.7 Å². The Morgan fingerprint density at radius 3 is 2.72 bits per heavy atom. The first-order valence-corrected chi connectivity index (χ1v) is 10.4. The van der Waals surface area contributed by atoms with E-state index in [0.717, 1.165) is 40.9 Å². The number of amides is 1. The van der Waals surface area contributed by atoms with Crippen molar-refractivity contribution in [1.29, 1.82) is 0 Å². The number of nitrogens with zero attached hydrogens (tertiary/aromatic N) is 1. The molecule has 6 rings (SSSR count). The van der Waals surface area contributed by atoms with Crippen molar-refractivity contribution in [1.82, 2.24) is 4.90 Å². The second kappa shape index (κ2) is 6.44. The van der Waals surface area contributed by atoms with Gasteiger partial charge in [0.05, 0.1) is 12.2 Å². The average Bonchev–Trinajstić information content (AvgIpc) is 2.93. The van der Waals surface area contributed by atoms with Crippen LogP contribution in [0.2, 0.25) is 0 Å². The number of allylic oxidation sites excluding steroid dienone is 4. The normalized spacial score (nSPS) is 31.3. The Morgan fingerprint density at radius 2 is 1.97 bits per heavy atom. The van der Waals surface area contributed by atoms with E-state index in [4.69, 9.17) is 9.47 Å². The first kappa shape index (κ1) is 18.4. The highest BCUT2D eigenvalue weighted by Gasteiger charge is 2.48. The second-order valence-corrected chi connectivity index (χ2v) is 8.76. The summed E-state index contributed by atoms with van der Waals surface area (Å²) >= 11 is 0. The molecule has 2 aliphatic carbocycles. The number of hydrogen-bond donors (Lipinski definition) is 0. The van der Waals surface area contributed by atoms with Crippen molar-refractivity contribution in [3.63, 3.8) is 0 Å². The molecule has 1 amide bonds. The standard InChI is InChI=1S/C23H25NO5/c1-11-9-24-10-14-4-5-17-20-15(6-7-28-17)23(29-13(3)25)21(19(20)12(14)2)22(27)16(11)8-18(24)26/h11,14,16H,2,4-10H2,1,3H3. The molecule has 4 heterocycles. The summed E-state index contributed by atoms with van der Waals surface area (Å²) in [5.74, 6) is 0.394. The Bertz CT molecular complexity index is 966. The summed E-state index contributed by atoms with van der Waals surface area (Å²) in [4.78, 5) is 40.4. The van der Waals surface area contributed by atoms with Crippen LogP contribution < -0.4 is 0 Å². The third-order valence-electron chi connectivity index (χ3n) is 6.96. The lowest BCUT2D eigenvalue weighted by Gasteiger charge is -2.39. The van der Waals surface area contributed by atoms with Crippen LogP contribution in [0.3, 0.4) is 0 Å². The molecule has 0 aromatic carbocycles. The molecule has 0 saturated carbocycles. The van der Waals surface area contributed by atoms with Crippen LogP contribution in [0.25, 0.3) is 0 Å². The molecule has 4 aliphatic heterocycles. The van der Waals surface area contributed by atoms with Gasteiger partial charge >= 0.3 is 5.97 Å². The molecule has 0 radical (unpaired) electrons. The molecule has 6 aliphatic rings. The molecule has 0 N–H and O–H groups in total. The lowest BCUT2D eigenvalue weighted by Crippen LogP contribution is -2.48. The van der Waals surface area contributed by atoms with Gasteiger partial charge in [0, 0.05) is 67.8 Å². The zero-order chi connectivity index (χ0) is 20.4. The van der Waals surface area contributed by atoms with Gasteiger partial charge in [-0.05, 0) is 17.9 Å². The number of ketones is 1. The van der Waals surface area contributed by atoms with Crippen molar-refractivity contribution >= 4 is 17.7 Å². The van der Waals surface area contributed by atoms with E-state index in [9.17, 15) is 14.4 Å². The highest BCUT2D eigenvalue weighted by Crippen LogP contribution is 2.52. The van der Waals surface area contributed by atoms with E-state index < -0.39 is 11.9 Å². The van der Waals surface area contributed by atoms with Crippen LogP contribution in [-0.2, 0) is 23.9 Å². The molecular formula is C23H25NO5. The predicted molar refractivity (Wildman–Crippen MR) is 104 cm³/mol. The zero-order valence-corrected chi connectivity index (χ0v) is 16.9. The van der Waals surface area contributed by atoms with Gasteiger partial charge in [0.15, 0.2) is 5.78 Å². The summed E-state index contributed by atoms with van der Waals surface area (Å²) in [5.41, 5.74) is 3.90. The lowest BCUT2D eigenvalue weighted by atomic mass is 9.76. The summed E-state index contributed by atoms with van der Waals surface area (Å²) < 4.78 is 11.6. The Morgan fingerprint density at radius 1 is 1.17 bits per heavy atom. The van der Waals surface area contributed by atoms with Crippen molar-refractivity contribution in [2.45, 2.75) is 39.5 Å². The van der Waals surface area contributed by atoms with Crippen molar-refractivity contribution in [3.05, 3.63) is 46.0 Å². The van der Waals surface area contributed by atoms with Crippen LogP contribution in [0.5, 0.6) is 0 Å². The molecule has 0 aromatic heterocycles.